The maximum Gasteiger partial charge on any atom is 0.275 e. The molecular weight excluding hydrogens is 274 g/mol. The number of nitrogens with two attached hydrogens (primary N) is 1. The second-order valence-electron chi connectivity index (χ2n) is 4.62. The molecule has 6 nitrogen and oxygen atoms in total. The Morgan fingerprint density at radius 3 is 2.75 bits per heavy atom. The lowest BCUT2D eigenvalue weighted by Gasteiger charge is -2.16. The summed E-state index contributed by atoms with van der Waals surface area (Å²) in [6.45, 7) is 2.10. The molecule has 3 N–H and O–H groups in total. The number of amides is 1. The Bertz CT molecular complexity index is 603. The van der Waals surface area contributed by atoms with E-state index < -0.39 is 0 Å². The molecule has 2 aromatic heterocycles. The summed E-state index contributed by atoms with van der Waals surface area (Å²) < 4.78 is 0. The Labute approximate surface area is 120 Å². The topological polar surface area (TPSA) is 84.1 Å². The summed E-state index contributed by atoms with van der Waals surface area (Å²) in [5.74, 6) is 0.687. The number of nitrogens with one attached hydrogen (secondary N) is 1. The Hall–Kier alpha value is -2.15. The molecule has 0 radical (unpaired) electrons. The second kappa shape index (κ2) is 5.46. The van der Waals surface area contributed by atoms with E-state index in [0.717, 1.165) is 18.9 Å². The minimum absolute atomic E-state index is 0.270. The fourth-order valence-corrected chi connectivity index (χ4v) is 2.72. The van der Waals surface area contributed by atoms with Gasteiger partial charge in [-0.25, -0.2) is 9.97 Å². The third-order valence-corrected chi connectivity index (χ3v) is 3.86. The maximum atomic E-state index is 11.9. The first-order valence-electron chi connectivity index (χ1n) is 6.46. The van der Waals surface area contributed by atoms with Gasteiger partial charge in [-0.15, -0.1) is 11.3 Å². The van der Waals surface area contributed by atoms with Crippen LogP contribution in [0, 0.1) is 0 Å². The summed E-state index contributed by atoms with van der Waals surface area (Å²) in [6, 6.07) is 3.78. The standard InChI is InChI=1S/C13H15N5OS/c14-13-17-10(8-20-13)12(19)16-9-3-4-11(15-7-9)18-5-1-2-6-18/h3-4,7-8H,1-2,5-6H2,(H2,14,17)(H,16,19). The molecule has 2 aromatic rings. The number of aromatic nitrogens is 2. The van der Waals surface area contributed by atoms with Gasteiger partial charge < -0.3 is 16.0 Å². The SMILES string of the molecule is Nc1nc(C(=O)Nc2ccc(N3CCCC3)nc2)cs1. The molecular formula is C13H15N5OS. The molecule has 104 valence electrons. The molecule has 1 aliphatic heterocycles. The van der Waals surface area contributed by atoms with Gasteiger partial charge in [-0.3, -0.25) is 4.79 Å². The van der Waals surface area contributed by atoms with Crippen LogP contribution in [0.2, 0.25) is 0 Å². The van der Waals surface area contributed by atoms with Gasteiger partial charge in [-0.05, 0) is 25.0 Å². The summed E-state index contributed by atoms with van der Waals surface area (Å²) in [6.07, 6.45) is 4.10. The van der Waals surface area contributed by atoms with E-state index in [-0.39, 0.29) is 5.91 Å². The second-order valence-corrected chi connectivity index (χ2v) is 5.51. The Morgan fingerprint density at radius 1 is 1.35 bits per heavy atom. The highest BCUT2D eigenvalue weighted by atomic mass is 32.1. The van der Waals surface area contributed by atoms with Crippen molar-refractivity contribution in [1.82, 2.24) is 9.97 Å². The molecule has 0 spiro atoms. The molecule has 1 fully saturated rings. The summed E-state index contributed by atoms with van der Waals surface area (Å²) >= 11 is 1.25. The van der Waals surface area contributed by atoms with E-state index in [9.17, 15) is 4.79 Å². The van der Waals surface area contributed by atoms with E-state index in [4.69, 9.17) is 5.73 Å². The van der Waals surface area contributed by atoms with Crippen LogP contribution in [-0.2, 0) is 0 Å². The molecule has 1 aliphatic rings. The normalized spacial score (nSPS) is 14.5. The lowest BCUT2D eigenvalue weighted by molar-refractivity contribution is 0.102. The Morgan fingerprint density at radius 2 is 2.15 bits per heavy atom. The highest BCUT2D eigenvalue weighted by Crippen LogP contribution is 2.19. The number of pyridine rings is 1. The van der Waals surface area contributed by atoms with Gasteiger partial charge in [-0.2, -0.15) is 0 Å². The molecule has 0 atom stereocenters. The van der Waals surface area contributed by atoms with Crippen molar-refractivity contribution in [1.29, 1.82) is 0 Å². The number of carbonyl (C=O) groups is 1. The van der Waals surface area contributed by atoms with Crippen molar-refractivity contribution in [3.63, 3.8) is 0 Å². The van der Waals surface area contributed by atoms with Crippen molar-refractivity contribution >= 4 is 33.9 Å². The number of nitrogen functional groups attached to an aromatic ring is 1. The van der Waals surface area contributed by atoms with Crippen LogP contribution < -0.4 is 16.0 Å². The molecule has 3 rings (SSSR count). The van der Waals surface area contributed by atoms with Crippen molar-refractivity contribution in [3.8, 4) is 0 Å². The number of hydrogen-bond acceptors (Lipinski definition) is 6. The molecule has 0 bridgehead atoms. The van der Waals surface area contributed by atoms with E-state index in [1.165, 1.54) is 24.2 Å². The predicted molar refractivity (Wildman–Crippen MR) is 80.2 cm³/mol. The van der Waals surface area contributed by atoms with E-state index in [0.29, 0.717) is 16.5 Å². The maximum absolute atomic E-state index is 11.9. The number of thiazole rings is 1. The molecule has 3 heterocycles. The lowest BCUT2D eigenvalue weighted by Crippen LogP contribution is -2.19. The molecule has 0 saturated carbocycles. The molecule has 1 saturated heterocycles. The minimum Gasteiger partial charge on any atom is -0.375 e. The Kier molecular flexibility index (Phi) is 3.51. The predicted octanol–water partition coefficient (Wildman–Crippen LogP) is 1.97. The minimum atomic E-state index is -0.270. The zero-order valence-corrected chi connectivity index (χ0v) is 11.7. The number of anilines is 3. The highest BCUT2D eigenvalue weighted by Gasteiger charge is 2.14. The molecule has 1 amide bonds. The van der Waals surface area contributed by atoms with Crippen LogP contribution in [0.4, 0.5) is 16.6 Å². The van der Waals surface area contributed by atoms with Gasteiger partial charge in [0.25, 0.3) is 5.91 Å². The number of nitrogens with zero attached hydrogens (tertiary/aromatic N) is 3. The zero-order chi connectivity index (χ0) is 13.9. The van der Waals surface area contributed by atoms with Crippen LogP contribution in [0.3, 0.4) is 0 Å². The van der Waals surface area contributed by atoms with Gasteiger partial charge >= 0.3 is 0 Å². The highest BCUT2D eigenvalue weighted by molar-refractivity contribution is 7.13. The average Bonchev–Trinajstić information content (AvgIpc) is 3.10. The first-order chi connectivity index (χ1) is 9.72. The van der Waals surface area contributed by atoms with E-state index in [1.807, 2.05) is 12.1 Å². The van der Waals surface area contributed by atoms with E-state index in [2.05, 4.69) is 20.2 Å². The zero-order valence-electron chi connectivity index (χ0n) is 10.9. The van der Waals surface area contributed by atoms with Crippen LogP contribution in [0.25, 0.3) is 0 Å². The fraction of sp³-hybridized carbons (Fsp3) is 0.308. The molecule has 20 heavy (non-hydrogen) atoms. The molecule has 0 unspecified atom stereocenters. The first-order valence-corrected chi connectivity index (χ1v) is 7.34. The van der Waals surface area contributed by atoms with Gasteiger partial charge in [0.15, 0.2) is 5.13 Å². The fourth-order valence-electron chi connectivity index (χ4n) is 2.18. The van der Waals surface area contributed by atoms with Gasteiger partial charge in [-0.1, -0.05) is 0 Å². The van der Waals surface area contributed by atoms with E-state index >= 15 is 0 Å². The van der Waals surface area contributed by atoms with Gasteiger partial charge in [0.05, 0.1) is 11.9 Å². The van der Waals surface area contributed by atoms with Crippen molar-refractivity contribution in [3.05, 3.63) is 29.4 Å². The molecule has 0 aromatic carbocycles. The number of carbonyl (C=O) groups excluding carboxylic acids is 1. The van der Waals surface area contributed by atoms with Crippen molar-refractivity contribution in [2.75, 3.05) is 29.0 Å². The van der Waals surface area contributed by atoms with Crippen molar-refractivity contribution in [2.24, 2.45) is 0 Å². The monoisotopic (exact) mass is 289 g/mol. The van der Waals surface area contributed by atoms with Gasteiger partial charge in [0.2, 0.25) is 0 Å². The molecule has 0 aliphatic carbocycles. The van der Waals surface area contributed by atoms with Crippen LogP contribution in [0.5, 0.6) is 0 Å². The van der Waals surface area contributed by atoms with Crippen LogP contribution in [0.1, 0.15) is 23.3 Å². The van der Waals surface area contributed by atoms with Crippen LogP contribution in [-0.4, -0.2) is 29.0 Å². The summed E-state index contributed by atoms with van der Waals surface area (Å²) in [7, 11) is 0. The average molecular weight is 289 g/mol. The third kappa shape index (κ3) is 2.72. The summed E-state index contributed by atoms with van der Waals surface area (Å²) in [5.41, 5.74) is 6.50. The third-order valence-electron chi connectivity index (χ3n) is 3.19. The number of hydrogen-bond donors (Lipinski definition) is 2. The van der Waals surface area contributed by atoms with E-state index in [1.54, 1.807) is 11.6 Å². The molecule has 7 heteroatoms. The number of rotatable bonds is 3. The quantitative estimate of drug-likeness (QED) is 0.902. The van der Waals surface area contributed by atoms with Gasteiger partial charge in [0, 0.05) is 18.5 Å². The summed E-state index contributed by atoms with van der Waals surface area (Å²) in [4.78, 5) is 22.5. The van der Waals surface area contributed by atoms with Crippen molar-refractivity contribution in [2.45, 2.75) is 12.8 Å². The lowest BCUT2D eigenvalue weighted by atomic mass is 10.3. The van der Waals surface area contributed by atoms with Crippen LogP contribution >= 0.6 is 11.3 Å². The van der Waals surface area contributed by atoms with Crippen molar-refractivity contribution < 1.29 is 4.79 Å². The Balaban J connectivity index is 1.67. The summed E-state index contributed by atoms with van der Waals surface area (Å²) in [5, 5.41) is 4.78. The van der Waals surface area contributed by atoms with Crippen LogP contribution in [0.15, 0.2) is 23.7 Å². The largest absolute Gasteiger partial charge is 0.375 e. The first kappa shape index (κ1) is 12.9. The van der Waals surface area contributed by atoms with Gasteiger partial charge in [0.1, 0.15) is 11.5 Å². The smallest absolute Gasteiger partial charge is 0.275 e.